The van der Waals surface area contributed by atoms with Gasteiger partial charge in [0.1, 0.15) is 11.5 Å². The molecular weight excluding hydrogens is 441 g/mol. The molecule has 0 amide bonds. The summed E-state index contributed by atoms with van der Waals surface area (Å²) in [5, 5.41) is 41.5. The van der Waals surface area contributed by atoms with E-state index in [1.807, 2.05) is 22.6 Å². The van der Waals surface area contributed by atoms with E-state index in [9.17, 15) is 20.4 Å². The monoisotopic (exact) mass is 457 g/mol. The summed E-state index contributed by atoms with van der Waals surface area (Å²) in [4.78, 5) is 0.456. The highest BCUT2D eigenvalue weighted by Gasteiger charge is 2.08. The number of hydrogen-bond acceptors (Lipinski definition) is 5. The molecule has 0 aromatic heterocycles. The Morgan fingerprint density at radius 2 is 1.75 bits per heavy atom. The van der Waals surface area contributed by atoms with E-state index in [1.165, 1.54) is 6.07 Å². The Labute approximate surface area is 158 Å². The van der Waals surface area contributed by atoms with E-state index >= 15 is 0 Å². The minimum atomic E-state index is -0.170. The molecule has 0 atom stereocenters. The number of halogens is 1. The van der Waals surface area contributed by atoms with Crippen molar-refractivity contribution in [2.45, 2.75) is 13.5 Å². The SMILES string of the molecule is Cc1c(O)cc(CNC(=S)/C=C/c2ccc(O)c(O)c2I)cc1O. The van der Waals surface area contributed by atoms with Crippen LogP contribution in [0.1, 0.15) is 16.7 Å². The maximum atomic E-state index is 9.70. The van der Waals surface area contributed by atoms with Crippen molar-refractivity contribution in [1.82, 2.24) is 5.32 Å². The predicted molar refractivity (Wildman–Crippen MR) is 105 cm³/mol. The topological polar surface area (TPSA) is 93.0 Å². The summed E-state index contributed by atoms with van der Waals surface area (Å²) in [5.41, 5.74) is 1.85. The van der Waals surface area contributed by atoms with Gasteiger partial charge in [0.25, 0.3) is 0 Å². The fourth-order valence-corrected chi connectivity index (χ4v) is 2.73. The van der Waals surface area contributed by atoms with Gasteiger partial charge in [-0.15, -0.1) is 0 Å². The minimum absolute atomic E-state index is 0.0300. The number of phenolic OH excluding ortho intramolecular Hbond substituents is 4. The van der Waals surface area contributed by atoms with Gasteiger partial charge in [0.15, 0.2) is 11.5 Å². The molecule has 5 nitrogen and oxygen atoms in total. The van der Waals surface area contributed by atoms with Crippen molar-refractivity contribution in [2.75, 3.05) is 0 Å². The van der Waals surface area contributed by atoms with Gasteiger partial charge in [-0.05, 0) is 71.0 Å². The third kappa shape index (κ3) is 4.30. The number of phenols is 4. The zero-order valence-corrected chi connectivity index (χ0v) is 15.7. The van der Waals surface area contributed by atoms with E-state index in [4.69, 9.17) is 12.2 Å². The van der Waals surface area contributed by atoms with Gasteiger partial charge in [0, 0.05) is 12.1 Å². The number of rotatable bonds is 4. The van der Waals surface area contributed by atoms with E-state index in [-0.39, 0.29) is 23.0 Å². The lowest BCUT2D eigenvalue weighted by Gasteiger charge is -2.09. The van der Waals surface area contributed by atoms with E-state index < -0.39 is 0 Å². The first kappa shape index (κ1) is 18.3. The maximum absolute atomic E-state index is 9.70. The summed E-state index contributed by atoms with van der Waals surface area (Å²) in [6.45, 7) is 1.98. The highest BCUT2D eigenvalue weighted by molar-refractivity contribution is 14.1. The standard InChI is InChI=1S/C17H16INO4S/c1-9-13(21)6-10(7-14(9)22)8-19-15(24)5-3-11-2-4-12(20)17(23)16(11)18/h2-7,20-23H,8H2,1H3,(H,19,24)/b5-3+. The minimum Gasteiger partial charge on any atom is -0.508 e. The van der Waals surface area contributed by atoms with Gasteiger partial charge in [0.05, 0.1) is 8.56 Å². The molecule has 0 aliphatic rings. The average molecular weight is 457 g/mol. The fraction of sp³-hybridized carbons (Fsp3) is 0.118. The van der Waals surface area contributed by atoms with Gasteiger partial charge < -0.3 is 25.7 Å². The van der Waals surface area contributed by atoms with Crippen molar-refractivity contribution in [2.24, 2.45) is 0 Å². The summed E-state index contributed by atoms with van der Waals surface area (Å²) in [6.07, 6.45) is 3.39. The van der Waals surface area contributed by atoms with Gasteiger partial charge in [-0.1, -0.05) is 18.3 Å². The molecule has 0 saturated carbocycles. The molecule has 0 spiro atoms. The second-order valence-corrected chi connectivity index (χ2v) is 6.67. The number of nitrogens with one attached hydrogen (secondary N) is 1. The van der Waals surface area contributed by atoms with Gasteiger partial charge in [0.2, 0.25) is 0 Å². The quantitative estimate of drug-likeness (QED) is 0.209. The molecule has 0 heterocycles. The normalized spacial score (nSPS) is 10.9. The summed E-state index contributed by atoms with van der Waals surface area (Å²) in [5.74, 6) is -0.275. The molecule has 2 aromatic rings. The van der Waals surface area contributed by atoms with Crippen LogP contribution in [0.2, 0.25) is 0 Å². The zero-order valence-electron chi connectivity index (χ0n) is 12.7. The van der Waals surface area contributed by atoms with Crippen LogP contribution < -0.4 is 5.32 Å². The predicted octanol–water partition coefficient (Wildman–Crippen LogP) is 3.55. The summed E-state index contributed by atoms with van der Waals surface area (Å²) in [6, 6.07) is 6.21. The van der Waals surface area contributed by atoms with Crippen LogP contribution >= 0.6 is 34.8 Å². The van der Waals surface area contributed by atoms with Crippen molar-refractivity contribution < 1.29 is 20.4 Å². The van der Waals surface area contributed by atoms with Crippen LogP contribution in [0, 0.1) is 10.5 Å². The number of benzene rings is 2. The Kier molecular flexibility index (Phi) is 5.89. The fourth-order valence-electron chi connectivity index (χ4n) is 1.95. The largest absolute Gasteiger partial charge is 0.508 e. The molecule has 2 aromatic carbocycles. The molecule has 126 valence electrons. The smallest absolute Gasteiger partial charge is 0.171 e. The van der Waals surface area contributed by atoms with Crippen molar-refractivity contribution >= 4 is 45.9 Å². The van der Waals surface area contributed by atoms with Crippen LogP contribution in [0.4, 0.5) is 0 Å². The lowest BCUT2D eigenvalue weighted by molar-refractivity contribution is 0.401. The second kappa shape index (κ2) is 7.71. The molecule has 5 N–H and O–H groups in total. The molecule has 0 aliphatic heterocycles. The van der Waals surface area contributed by atoms with E-state index in [0.717, 1.165) is 5.56 Å². The Morgan fingerprint density at radius 3 is 2.38 bits per heavy atom. The van der Waals surface area contributed by atoms with Crippen molar-refractivity contribution in [3.8, 4) is 23.0 Å². The summed E-state index contributed by atoms with van der Waals surface area (Å²) < 4.78 is 0.528. The summed E-state index contributed by atoms with van der Waals surface area (Å²) in [7, 11) is 0. The Bertz CT molecular complexity index is 797. The second-order valence-electron chi connectivity index (χ2n) is 5.15. The van der Waals surface area contributed by atoms with Crippen molar-refractivity contribution in [1.29, 1.82) is 0 Å². The number of thiocarbonyl (C=S) groups is 1. The van der Waals surface area contributed by atoms with Crippen molar-refractivity contribution in [3.05, 3.63) is 50.6 Å². The number of hydrogen-bond donors (Lipinski definition) is 5. The van der Waals surface area contributed by atoms with Gasteiger partial charge in [-0.25, -0.2) is 0 Å². The Morgan fingerprint density at radius 1 is 1.12 bits per heavy atom. The van der Waals surface area contributed by atoms with E-state index in [2.05, 4.69) is 5.32 Å². The highest BCUT2D eigenvalue weighted by Crippen LogP contribution is 2.33. The van der Waals surface area contributed by atoms with Crippen LogP contribution in [0.3, 0.4) is 0 Å². The lowest BCUT2D eigenvalue weighted by atomic mass is 10.1. The molecule has 0 bridgehead atoms. The molecule has 0 fully saturated rings. The van der Waals surface area contributed by atoms with Gasteiger partial charge >= 0.3 is 0 Å². The van der Waals surface area contributed by atoms with E-state index in [1.54, 1.807) is 37.3 Å². The van der Waals surface area contributed by atoms with Gasteiger partial charge in [-0.2, -0.15) is 0 Å². The van der Waals surface area contributed by atoms with Crippen molar-refractivity contribution in [3.63, 3.8) is 0 Å². The highest BCUT2D eigenvalue weighted by atomic mass is 127. The third-order valence-electron chi connectivity index (χ3n) is 3.42. The average Bonchev–Trinajstić information content (AvgIpc) is 2.55. The Balaban J connectivity index is 2.03. The van der Waals surface area contributed by atoms with Crippen LogP contribution in [0.5, 0.6) is 23.0 Å². The third-order valence-corrected chi connectivity index (χ3v) is 4.83. The molecule has 2 rings (SSSR count). The van der Waals surface area contributed by atoms with Gasteiger partial charge in [-0.3, -0.25) is 0 Å². The Hall–Kier alpha value is -2.00. The maximum Gasteiger partial charge on any atom is 0.171 e. The first-order valence-electron chi connectivity index (χ1n) is 6.97. The molecule has 0 aliphatic carbocycles. The first-order chi connectivity index (χ1) is 11.3. The lowest BCUT2D eigenvalue weighted by Crippen LogP contribution is -2.18. The number of aromatic hydroxyl groups is 4. The molecule has 0 unspecified atom stereocenters. The van der Waals surface area contributed by atoms with Crippen LogP contribution in [-0.4, -0.2) is 25.4 Å². The van der Waals surface area contributed by atoms with Crippen LogP contribution in [0.15, 0.2) is 30.3 Å². The molecule has 24 heavy (non-hydrogen) atoms. The van der Waals surface area contributed by atoms with Crippen LogP contribution in [0.25, 0.3) is 6.08 Å². The summed E-state index contributed by atoms with van der Waals surface area (Å²) >= 11 is 7.15. The van der Waals surface area contributed by atoms with Crippen LogP contribution in [-0.2, 0) is 6.54 Å². The first-order valence-corrected chi connectivity index (χ1v) is 8.46. The molecular formula is C17H16INO4S. The molecule has 7 heteroatoms. The van der Waals surface area contributed by atoms with E-state index in [0.29, 0.717) is 26.2 Å². The zero-order chi connectivity index (χ0) is 17.9. The molecule has 0 radical (unpaired) electrons. The molecule has 0 saturated heterocycles.